The third-order valence-corrected chi connectivity index (χ3v) is 2.24. The van der Waals surface area contributed by atoms with Crippen molar-refractivity contribution < 1.29 is 9.53 Å². The minimum atomic E-state index is -0.771. The number of ether oxygens (including phenoxy) is 1. The van der Waals surface area contributed by atoms with Gasteiger partial charge in [-0.1, -0.05) is 35.2 Å². The van der Waals surface area contributed by atoms with Crippen molar-refractivity contribution in [1.29, 1.82) is 0 Å². The highest BCUT2D eigenvalue weighted by Crippen LogP contribution is 2.28. The second-order valence-corrected chi connectivity index (χ2v) is 3.67. The maximum Gasteiger partial charge on any atom is 0.304 e. The van der Waals surface area contributed by atoms with E-state index in [0.29, 0.717) is 15.6 Å². The predicted octanol–water partition coefficient (Wildman–Crippen LogP) is 3.23. The lowest BCUT2D eigenvalue weighted by Crippen LogP contribution is -2.06. The summed E-state index contributed by atoms with van der Waals surface area (Å²) >= 11 is 11.6. The van der Waals surface area contributed by atoms with Crippen LogP contribution in [-0.2, 0) is 9.53 Å². The molecule has 0 saturated heterocycles. The Bertz CT molecular complexity index is 421. The first kappa shape index (κ1) is 11.9. The molecule has 0 aliphatic heterocycles. The number of hydrogen-bond acceptors (Lipinski definition) is 2. The summed E-state index contributed by atoms with van der Waals surface area (Å²) in [6.07, 6.45) is 4.47. The normalized spacial score (nSPS) is 11.6. The quantitative estimate of drug-likeness (QED) is 0.588. The molecule has 0 fully saturated rings. The molecule has 0 heterocycles. The molecule has 0 saturated carbocycles. The number of rotatable bonds is 2. The van der Waals surface area contributed by atoms with E-state index in [0.717, 1.165) is 0 Å². The number of esters is 1. The SMILES string of the molecule is C#C[C@@H](OC(C)=O)c1ccc(Cl)cc1Cl. The molecule has 1 aromatic carbocycles. The van der Waals surface area contributed by atoms with Crippen LogP contribution in [0.25, 0.3) is 0 Å². The summed E-state index contributed by atoms with van der Waals surface area (Å²) in [5, 5.41) is 0.883. The van der Waals surface area contributed by atoms with E-state index in [1.165, 1.54) is 6.92 Å². The lowest BCUT2D eigenvalue weighted by atomic mass is 10.1. The van der Waals surface area contributed by atoms with Crippen LogP contribution in [0.15, 0.2) is 18.2 Å². The summed E-state index contributed by atoms with van der Waals surface area (Å²) < 4.78 is 4.90. The van der Waals surface area contributed by atoms with Gasteiger partial charge in [-0.25, -0.2) is 0 Å². The molecule has 4 heteroatoms. The van der Waals surface area contributed by atoms with Crippen LogP contribution < -0.4 is 0 Å². The van der Waals surface area contributed by atoms with Gasteiger partial charge in [0.2, 0.25) is 0 Å². The fourth-order valence-corrected chi connectivity index (χ4v) is 1.57. The number of carbonyl (C=O) groups excluding carboxylic acids is 1. The number of carbonyl (C=O) groups is 1. The van der Waals surface area contributed by atoms with Crippen molar-refractivity contribution in [3.05, 3.63) is 33.8 Å². The van der Waals surface area contributed by atoms with Crippen molar-refractivity contribution in [1.82, 2.24) is 0 Å². The fourth-order valence-electron chi connectivity index (χ4n) is 1.07. The molecule has 1 aromatic rings. The van der Waals surface area contributed by atoms with E-state index in [1.807, 2.05) is 0 Å². The zero-order chi connectivity index (χ0) is 11.4. The fraction of sp³-hybridized carbons (Fsp3) is 0.182. The molecule has 1 atom stereocenters. The third-order valence-electron chi connectivity index (χ3n) is 1.68. The molecule has 1 rings (SSSR count). The zero-order valence-corrected chi connectivity index (χ0v) is 9.47. The Labute approximate surface area is 98.1 Å². The molecule has 2 nitrogen and oxygen atoms in total. The number of hydrogen-bond donors (Lipinski definition) is 0. The number of benzene rings is 1. The molecular formula is C11H8Cl2O2. The van der Waals surface area contributed by atoms with Gasteiger partial charge in [0, 0.05) is 22.5 Å². The second kappa shape index (κ2) is 5.06. The van der Waals surface area contributed by atoms with Crippen LogP contribution in [0.3, 0.4) is 0 Å². The minimum absolute atomic E-state index is 0.381. The molecule has 0 radical (unpaired) electrons. The molecular weight excluding hydrogens is 235 g/mol. The average Bonchev–Trinajstić information content (AvgIpc) is 2.14. The molecule has 0 aliphatic rings. The average molecular weight is 243 g/mol. The van der Waals surface area contributed by atoms with Crippen LogP contribution in [0.1, 0.15) is 18.6 Å². The van der Waals surface area contributed by atoms with Crippen LogP contribution in [0.5, 0.6) is 0 Å². The largest absolute Gasteiger partial charge is 0.444 e. The molecule has 0 amide bonds. The molecule has 0 aromatic heterocycles. The van der Waals surface area contributed by atoms with Crippen LogP contribution in [0, 0.1) is 12.3 Å². The molecule has 78 valence electrons. The topological polar surface area (TPSA) is 26.3 Å². The van der Waals surface area contributed by atoms with Crippen LogP contribution in [0.4, 0.5) is 0 Å². The highest BCUT2D eigenvalue weighted by Gasteiger charge is 2.14. The van der Waals surface area contributed by atoms with Gasteiger partial charge in [-0.3, -0.25) is 4.79 Å². The van der Waals surface area contributed by atoms with Crippen LogP contribution in [-0.4, -0.2) is 5.97 Å². The second-order valence-electron chi connectivity index (χ2n) is 2.82. The van der Waals surface area contributed by atoms with E-state index in [1.54, 1.807) is 18.2 Å². The standard InChI is InChI=1S/C11H8Cl2O2/c1-3-11(15-7(2)14)9-5-4-8(12)6-10(9)13/h1,4-6,11H,2H3/t11-/m1/s1. The van der Waals surface area contributed by atoms with Gasteiger partial charge in [-0.05, 0) is 12.1 Å². The zero-order valence-electron chi connectivity index (χ0n) is 7.96. The maximum atomic E-state index is 10.8. The van der Waals surface area contributed by atoms with Gasteiger partial charge in [0.05, 0.1) is 0 Å². The van der Waals surface area contributed by atoms with Crippen molar-refractivity contribution in [2.75, 3.05) is 0 Å². The van der Waals surface area contributed by atoms with Crippen LogP contribution >= 0.6 is 23.2 Å². The highest BCUT2D eigenvalue weighted by atomic mass is 35.5. The van der Waals surface area contributed by atoms with E-state index < -0.39 is 12.1 Å². The van der Waals surface area contributed by atoms with Crippen molar-refractivity contribution in [3.63, 3.8) is 0 Å². The lowest BCUT2D eigenvalue weighted by Gasteiger charge is -2.12. The lowest BCUT2D eigenvalue weighted by molar-refractivity contribution is -0.144. The summed E-state index contributed by atoms with van der Waals surface area (Å²) in [4.78, 5) is 10.8. The first-order valence-electron chi connectivity index (χ1n) is 4.13. The van der Waals surface area contributed by atoms with E-state index >= 15 is 0 Å². The third kappa shape index (κ3) is 3.16. The summed E-state index contributed by atoms with van der Waals surface area (Å²) in [6.45, 7) is 1.29. The van der Waals surface area contributed by atoms with E-state index in [-0.39, 0.29) is 0 Å². The van der Waals surface area contributed by atoms with Gasteiger partial charge >= 0.3 is 5.97 Å². The van der Waals surface area contributed by atoms with Gasteiger partial charge < -0.3 is 4.74 Å². The van der Waals surface area contributed by atoms with E-state index in [2.05, 4.69) is 5.92 Å². The van der Waals surface area contributed by atoms with Crippen molar-refractivity contribution in [2.45, 2.75) is 13.0 Å². The van der Waals surface area contributed by atoms with Crippen molar-refractivity contribution >= 4 is 29.2 Å². The Hall–Kier alpha value is -1.17. The van der Waals surface area contributed by atoms with Gasteiger partial charge in [0.1, 0.15) is 0 Å². The van der Waals surface area contributed by atoms with Gasteiger partial charge in [0.25, 0.3) is 0 Å². The smallest absolute Gasteiger partial charge is 0.304 e. The summed E-state index contributed by atoms with van der Waals surface area (Å²) in [6, 6.07) is 4.82. The molecule has 0 aliphatic carbocycles. The predicted molar refractivity (Wildman–Crippen MR) is 59.8 cm³/mol. The molecule has 0 unspecified atom stereocenters. The Morgan fingerprint density at radius 2 is 2.20 bits per heavy atom. The van der Waals surface area contributed by atoms with E-state index in [4.69, 9.17) is 34.4 Å². The Kier molecular flexibility index (Phi) is 4.02. The Balaban J connectivity index is 3.03. The monoisotopic (exact) mass is 242 g/mol. The summed E-state index contributed by atoms with van der Waals surface area (Å²) in [5.41, 5.74) is 0.554. The van der Waals surface area contributed by atoms with Gasteiger partial charge in [-0.2, -0.15) is 0 Å². The molecule has 0 N–H and O–H groups in total. The molecule has 0 bridgehead atoms. The Morgan fingerprint density at radius 3 is 2.67 bits per heavy atom. The van der Waals surface area contributed by atoms with Gasteiger partial charge in [-0.15, -0.1) is 6.42 Å². The minimum Gasteiger partial charge on any atom is -0.444 e. The maximum absolute atomic E-state index is 10.8. The summed E-state index contributed by atoms with van der Waals surface area (Å²) in [5.74, 6) is 1.88. The first-order chi connectivity index (χ1) is 7.04. The number of terminal acetylenes is 1. The molecule has 0 spiro atoms. The van der Waals surface area contributed by atoms with Gasteiger partial charge in [0.15, 0.2) is 6.10 Å². The van der Waals surface area contributed by atoms with Crippen molar-refractivity contribution in [2.24, 2.45) is 0 Å². The van der Waals surface area contributed by atoms with E-state index in [9.17, 15) is 4.79 Å². The van der Waals surface area contributed by atoms with Crippen molar-refractivity contribution in [3.8, 4) is 12.3 Å². The number of halogens is 2. The van der Waals surface area contributed by atoms with Crippen LogP contribution in [0.2, 0.25) is 10.0 Å². The summed E-state index contributed by atoms with van der Waals surface area (Å²) in [7, 11) is 0. The molecule has 15 heavy (non-hydrogen) atoms. The first-order valence-corrected chi connectivity index (χ1v) is 4.88. The highest BCUT2D eigenvalue weighted by molar-refractivity contribution is 6.35. The Morgan fingerprint density at radius 1 is 1.53 bits per heavy atom.